The number of anilines is 2. The van der Waals surface area contributed by atoms with Crippen molar-refractivity contribution in [2.75, 3.05) is 43.1 Å². The van der Waals surface area contributed by atoms with Crippen LogP contribution in [0, 0.1) is 0 Å². The van der Waals surface area contributed by atoms with Crippen molar-refractivity contribution >= 4 is 11.6 Å². The lowest BCUT2D eigenvalue weighted by Crippen LogP contribution is -2.36. The van der Waals surface area contributed by atoms with Gasteiger partial charge in [-0.1, -0.05) is 0 Å². The molecule has 3 rings (SSSR count). The molecule has 7 nitrogen and oxygen atoms in total. The average molecular weight is 274 g/mol. The third-order valence-corrected chi connectivity index (χ3v) is 3.19. The molecule has 1 N–H and O–H groups in total. The number of nitrogens with one attached hydrogen (secondary N) is 1. The van der Waals surface area contributed by atoms with Gasteiger partial charge in [0.15, 0.2) is 0 Å². The SMILES string of the molecule is c1cnn(CCNc2cc(N3CCOCC3)ncn2)c1. The molecule has 0 amide bonds. The van der Waals surface area contributed by atoms with Crippen molar-refractivity contribution < 1.29 is 4.74 Å². The van der Waals surface area contributed by atoms with Gasteiger partial charge in [-0.3, -0.25) is 4.68 Å². The van der Waals surface area contributed by atoms with E-state index in [0.717, 1.165) is 51.0 Å². The maximum Gasteiger partial charge on any atom is 0.134 e. The van der Waals surface area contributed by atoms with Crippen LogP contribution in [0.3, 0.4) is 0 Å². The quantitative estimate of drug-likeness (QED) is 0.862. The minimum Gasteiger partial charge on any atom is -0.378 e. The van der Waals surface area contributed by atoms with Crippen molar-refractivity contribution in [1.29, 1.82) is 0 Å². The zero-order valence-electron chi connectivity index (χ0n) is 11.3. The first-order chi connectivity index (χ1) is 9.92. The molecule has 2 aromatic rings. The summed E-state index contributed by atoms with van der Waals surface area (Å²) in [6, 6.07) is 3.90. The fourth-order valence-electron chi connectivity index (χ4n) is 2.14. The highest BCUT2D eigenvalue weighted by molar-refractivity contribution is 5.48. The first kappa shape index (κ1) is 12.9. The van der Waals surface area contributed by atoms with E-state index in [1.807, 2.05) is 23.0 Å². The standard InChI is InChI=1S/C13H18N6O/c1-2-17-19(4-1)5-3-14-12-10-13(16-11-15-12)18-6-8-20-9-7-18/h1-2,4,10-11H,3,5-9H2,(H,14,15,16). The van der Waals surface area contributed by atoms with Crippen molar-refractivity contribution in [2.24, 2.45) is 0 Å². The van der Waals surface area contributed by atoms with Crippen molar-refractivity contribution in [3.05, 3.63) is 30.9 Å². The molecule has 0 unspecified atom stereocenters. The van der Waals surface area contributed by atoms with Gasteiger partial charge in [-0.05, 0) is 6.07 Å². The van der Waals surface area contributed by atoms with Gasteiger partial charge in [0.25, 0.3) is 0 Å². The Morgan fingerprint density at radius 2 is 2.15 bits per heavy atom. The molecule has 3 heterocycles. The van der Waals surface area contributed by atoms with Crippen LogP contribution in [0.2, 0.25) is 0 Å². The maximum absolute atomic E-state index is 5.35. The molecule has 0 atom stereocenters. The Morgan fingerprint density at radius 3 is 2.95 bits per heavy atom. The van der Waals surface area contributed by atoms with Crippen LogP contribution in [0.25, 0.3) is 0 Å². The number of morpholine rings is 1. The number of ether oxygens (including phenoxy) is 1. The molecule has 0 bridgehead atoms. The summed E-state index contributed by atoms with van der Waals surface area (Å²) in [5.74, 6) is 1.79. The van der Waals surface area contributed by atoms with Gasteiger partial charge in [0.2, 0.25) is 0 Å². The molecule has 0 aliphatic carbocycles. The lowest BCUT2D eigenvalue weighted by molar-refractivity contribution is 0.122. The molecular weight excluding hydrogens is 256 g/mol. The molecule has 106 valence electrons. The van der Waals surface area contributed by atoms with E-state index in [9.17, 15) is 0 Å². The topological polar surface area (TPSA) is 68.1 Å². The van der Waals surface area contributed by atoms with E-state index in [4.69, 9.17) is 4.74 Å². The Balaban J connectivity index is 1.56. The highest BCUT2D eigenvalue weighted by Gasteiger charge is 2.12. The number of hydrogen-bond acceptors (Lipinski definition) is 6. The summed E-state index contributed by atoms with van der Waals surface area (Å²) in [6.45, 7) is 4.86. The van der Waals surface area contributed by atoms with Crippen LogP contribution in [-0.4, -0.2) is 52.6 Å². The van der Waals surface area contributed by atoms with Crippen molar-refractivity contribution in [1.82, 2.24) is 19.7 Å². The first-order valence-electron chi connectivity index (χ1n) is 6.78. The molecular formula is C13H18N6O. The smallest absolute Gasteiger partial charge is 0.134 e. The molecule has 2 aromatic heterocycles. The second-order valence-corrected chi connectivity index (χ2v) is 4.56. The summed E-state index contributed by atoms with van der Waals surface area (Å²) in [5.41, 5.74) is 0. The Bertz CT molecular complexity index is 523. The predicted octanol–water partition coefficient (Wildman–Crippen LogP) is 0.622. The number of aromatic nitrogens is 4. The molecule has 7 heteroatoms. The highest BCUT2D eigenvalue weighted by atomic mass is 16.5. The Hall–Kier alpha value is -2.15. The van der Waals surface area contributed by atoms with Crippen LogP contribution < -0.4 is 10.2 Å². The Labute approximate surface area is 117 Å². The molecule has 0 spiro atoms. The summed E-state index contributed by atoms with van der Waals surface area (Å²) in [4.78, 5) is 10.8. The number of hydrogen-bond donors (Lipinski definition) is 1. The van der Waals surface area contributed by atoms with E-state index < -0.39 is 0 Å². The lowest BCUT2D eigenvalue weighted by Gasteiger charge is -2.27. The van der Waals surface area contributed by atoms with Crippen molar-refractivity contribution in [2.45, 2.75) is 6.54 Å². The molecule has 1 fully saturated rings. The summed E-state index contributed by atoms with van der Waals surface area (Å²) < 4.78 is 7.23. The van der Waals surface area contributed by atoms with Gasteiger partial charge in [0.05, 0.1) is 19.8 Å². The second-order valence-electron chi connectivity index (χ2n) is 4.56. The van der Waals surface area contributed by atoms with Gasteiger partial charge in [-0.2, -0.15) is 5.10 Å². The minimum atomic E-state index is 0.756. The largest absolute Gasteiger partial charge is 0.378 e. The zero-order chi connectivity index (χ0) is 13.6. The van der Waals surface area contributed by atoms with E-state index >= 15 is 0 Å². The number of rotatable bonds is 5. The van der Waals surface area contributed by atoms with Crippen LogP contribution >= 0.6 is 0 Å². The molecule has 0 saturated carbocycles. The highest BCUT2D eigenvalue weighted by Crippen LogP contribution is 2.15. The van der Waals surface area contributed by atoms with Crippen LogP contribution in [0.15, 0.2) is 30.9 Å². The van der Waals surface area contributed by atoms with Crippen LogP contribution in [-0.2, 0) is 11.3 Å². The second kappa shape index (κ2) is 6.33. The van der Waals surface area contributed by atoms with E-state index in [2.05, 4.69) is 25.3 Å². The van der Waals surface area contributed by atoms with Gasteiger partial charge in [-0.15, -0.1) is 0 Å². The van der Waals surface area contributed by atoms with Gasteiger partial charge in [0.1, 0.15) is 18.0 Å². The monoisotopic (exact) mass is 274 g/mol. The lowest BCUT2D eigenvalue weighted by atomic mass is 10.4. The maximum atomic E-state index is 5.35. The molecule has 0 radical (unpaired) electrons. The fourth-order valence-corrected chi connectivity index (χ4v) is 2.14. The van der Waals surface area contributed by atoms with E-state index in [-0.39, 0.29) is 0 Å². The van der Waals surface area contributed by atoms with E-state index in [0.29, 0.717) is 0 Å². The van der Waals surface area contributed by atoms with Crippen LogP contribution in [0.1, 0.15) is 0 Å². The number of nitrogens with zero attached hydrogens (tertiary/aromatic N) is 5. The normalized spacial score (nSPS) is 15.3. The molecule has 0 aromatic carbocycles. The third-order valence-electron chi connectivity index (χ3n) is 3.19. The Morgan fingerprint density at radius 1 is 1.25 bits per heavy atom. The summed E-state index contributed by atoms with van der Waals surface area (Å²) in [5, 5.41) is 7.45. The van der Waals surface area contributed by atoms with E-state index in [1.165, 1.54) is 0 Å². The van der Waals surface area contributed by atoms with Crippen molar-refractivity contribution in [3.63, 3.8) is 0 Å². The average Bonchev–Trinajstić information content (AvgIpc) is 3.02. The van der Waals surface area contributed by atoms with Gasteiger partial charge < -0.3 is 15.0 Å². The third kappa shape index (κ3) is 3.24. The fraction of sp³-hybridized carbons (Fsp3) is 0.462. The first-order valence-corrected chi connectivity index (χ1v) is 6.78. The predicted molar refractivity (Wildman–Crippen MR) is 75.8 cm³/mol. The Kier molecular flexibility index (Phi) is 4.07. The van der Waals surface area contributed by atoms with E-state index in [1.54, 1.807) is 12.5 Å². The van der Waals surface area contributed by atoms with Crippen LogP contribution in [0.4, 0.5) is 11.6 Å². The minimum absolute atomic E-state index is 0.756. The summed E-state index contributed by atoms with van der Waals surface area (Å²) in [7, 11) is 0. The van der Waals surface area contributed by atoms with Crippen LogP contribution in [0.5, 0.6) is 0 Å². The van der Waals surface area contributed by atoms with Gasteiger partial charge in [0, 0.05) is 38.1 Å². The zero-order valence-corrected chi connectivity index (χ0v) is 11.3. The molecule has 20 heavy (non-hydrogen) atoms. The molecule has 1 aliphatic heterocycles. The summed E-state index contributed by atoms with van der Waals surface area (Å²) in [6.07, 6.45) is 5.32. The molecule has 1 aliphatic rings. The molecule has 1 saturated heterocycles. The van der Waals surface area contributed by atoms with Gasteiger partial charge >= 0.3 is 0 Å². The summed E-state index contributed by atoms with van der Waals surface area (Å²) >= 11 is 0. The van der Waals surface area contributed by atoms with Crippen molar-refractivity contribution in [3.8, 4) is 0 Å². The van der Waals surface area contributed by atoms with Gasteiger partial charge in [-0.25, -0.2) is 9.97 Å².